The Morgan fingerprint density at radius 3 is 2.38 bits per heavy atom. The van der Waals surface area contributed by atoms with Crippen molar-refractivity contribution < 1.29 is 12.9 Å². The lowest BCUT2D eigenvalue weighted by Gasteiger charge is -2.39. The molecular formula is C17H23N3O3S. The monoisotopic (exact) mass is 349 g/mol. The third-order valence-corrected chi connectivity index (χ3v) is 6.75. The average molecular weight is 349 g/mol. The standard InChI is InChI=1S/C17H23N3O3S/c1-12-5-7-15(8-6-12)16-11-20(10-9-19(16)4)24(21,22)17-13(2)18-23-14(17)3/h5-8,16H,9-11H2,1-4H3/t16-/m1/s1. The normalized spacial score (nSPS) is 20.4. The van der Waals surface area contributed by atoms with Crippen LogP contribution in [0.4, 0.5) is 0 Å². The Hall–Kier alpha value is -1.70. The second-order valence-corrected chi connectivity index (χ2v) is 8.30. The van der Waals surface area contributed by atoms with E-state index in [1.54, 1.807) is 18.2 Å². The Kier molecular flexibility index (Phi) is 4.50. The molecule has 0 unspecified atom stereocenters. The Balaban J connectivity index is 1.91. The molecule has 1 aliphatic rings. The highest BCUT2D eigenvalue weighted by Gasteiger charge is 2.36. The molecule has 0 saturated carbocycles. The highest BCUT2D eigenvalue weighted by atomic mass is 32.2. The Morgan fingerprint density at radius 1 is 1.12 bits per heavy atom. The van der Waals surface area contributed by atoms with Crippen LogP contribution in [0.15, 0.2) is 33.7 Å². The summed E-state index contributed by atoms with van der Waals surface area (Å²) in [6.45, 7) is 6.91. The van der Waals surface area contributed by atoms with Crippen LogP contribution in [0.1, 0.15) is 28.6 Å². The molecule has 1 aliphatic heterocycles. The number of hydrogen-bond acceptors (Lipinski definition) is 5. The number of aryl methyl sites for hydroxylation is 3. The first-order chi connectivity index (χ1) is 11.3. The summed E-state index contributed by atoms with van der Waals surface area (Å²) in [4.78, 5) is 2.40. The predicted octanol–water partition coefficient (Wildman–Crippen LogP) is 2.28. The minimum Gasteiger partial charge on any atom is -0.360 e. The van der Waals surface area contributed by atoms with Gasteiger partial charge < -0.3 is 4.52 Å². The molecule has 0 spiro atoms. The molecule has 0 aliphatic carbocycles. The van der Waals surface area contributed by atoms with Gasteiger partial charge in [0.2, 0.25) is 10.0 Å². The van der Waals surface area contributed by atoms with Crippen molar-refractivity contribution in [1.82, 2.24) is 14.4 Å². The lowest BCUT2D eigenvalue weighted by Crippen LogP contribution is -2.49. The average Bonchev–Trinajstić information content (AvgIpc) is 2.88. The Labute approximate surface area is 143 Å². The number of nitrogens with zero attached hydrogens (tertiary/aromatic N) is 3. The topological polar surface area (TPSA) is 66.7 Å². The van der Waals surface area contributed by atoms with Crippen LogP contribution in [0.5, 0.6) is 0 Å². The summed E-state index contributed by atoms with van der Waals surface area (Å²) in [7, 11) is -1.57. The van der Waals surface area contributed by atoms with Crippen molar-refractivity contribution >= 4 is 10.0 Å². The van der Waals surface area contributed by atoms with Gasteiger partial charge in [-0.3, -0.25) is 4.90 Å². The highest BCUT2D eigenvalue weighted by Crippen LogP contribution is 2.30. The van der Waals surface area contributed by atoms with Crippen molar-refractivity contribution in [3.8, 4) is 0 Å². The van der Waals surface area contributed by atoms with Gasteiger partial charge in [-0.2, -0.15) is 4.31 Å². The third-order valence-electron chi connectivity index (χ3n) is 4.64. The molecule has 3 rings (SSSR count). The minimum absolute atomic E-state index is 0.0367. The molecule has 130 valence electrons. The highest BCUT2D eigenvalue weighted by molar-refractivity contribution is 7.89. The van der Waals surface area contributed by atoms with Gasteiger partial charge in [0, 0.05) is 25.7 Å². The summed E-state index contributed by atoms with van der Waals surface area (Å²) in [5.74, 6) is 0.346. The van der Waals surface area contributed by atoms with E-state index in [2.05, 4.69) is 34.3 Å². The zero-order valence-corrected chi connectivity index (χ0v) is 15.3. The summed E-state index contributed by atoms with van der Waals surface area (Å²) in [6, 6.07) is 8.30. The van der Waals surface area contributed by atoms with Crippen molar-refractivity contribution in [1.29, 1.82) is 0 Å². The van der Waals surface area contributed by atoms with Crippen LogP contribution in [0, 0.1) is 20.8 Å². The third kappa shape index (κ3) is 2.99. The molecular weight excluding hydrogens is 326 g/mol. The maximum Gasteiger partial charge on any atom is 0.248 e. The zero-order valence-electron chi connectivity index (χ0n) is 14.5. The first kappa shape index (κ1) is 17.1. The van der Waals surface area contributed by atoms with E-state index in [1.807, 2.05) is 14.0 Å². The SMILES string of the molecule is Cc1ccc([C@H]2CN(S(=O)(=O)c3c(C)noc3C)CCN2C)cc1. The number of piperazine rings is 1. The number of rotatable bonds is 3. The van der Waals surface area contributed by atoms with Gasteiger partial charge >= 0.3 is 0 Å². The molecule has 0 bridgehead atoms. The van der Waals surface area contributed by atoms with Crippen molar-refractivity contribution in [2.45, 2.75) is 31.7 Å². The minimum atomic E-state index is -3.60. The van der Waals surface area contributed by atoms with Gasteiger partial charge in [0.25, 0.3) is 0 Å². The smallest absolute Gasteiger partial charge is 0.248 e. The number of sulfonamides is 1. The Morgan fingerprint density at radius 2 is 1.79 bits per heavy atom. The molecule has 7 heteroatoms. The summed E-state index contributed by atoms with van der Waals surface area (Å²) >= 11 is 0. The van der Waals surface area contributed by atoms with Gasteiger partial charge in [-0.1, -0.05) is 35.0 Å². The molecule has 2 heterocycles. The van der Waals surface area contributed by atoms with Crippen LogP contribution in [0.2, 0.25) is 0 Å². The number of aromatic nitrogens is 1. The van der Waals surface area contributed by atoms with E-state index in [0.717, 1.165) is 5.56 Å². The van der Waals surface area contributed by atoms with Gasteiger partial charge in [0.15, 0.2) is 5.76 Å². The maximum atomic E-state index is 13.0. The lowest BCUT2D eigenvalue weighted by molar-refractivity contribution is 0.148. The molecule has 2 aromatic rings. The van der Waals surface area contributed by atoms with E-state index >= 15 is 0 Å². The predicted molar refractivity (Wildman–Crippen MR) is 91.3 cm³/mol. The van der Waals surface area contributed by atoms with E-state index in [-0.39, 0.29) is 10.9 Å². The molecule has 1 aromatic carbocycles. The van der Waals surface area contributed by atoms with Crippen LogP contribution >= 0.6 is 0 Å². The Bertz CT molecular complexity index is 808. The van der Waals surface area contributed by atoms with Crippen molar-refractivity contribution in [3.05, 3.63) is 46.8 Å². The van der Waals surface area contributed by atoms with Crippen molar-refractivity contribution in [3.63, 3.8) is 0 Å². The lowest BCUT2D eigenvalue weighted by atomic mass is 10.0. The molecule has 1 fully saturated rings. The summed E-state index contributed by atoms with van der Waals surface area (Å²) in [5, 5.41) is 3.79. The van der Waals surface area contributed by atoms with Crippen LogP contribution < -0.4 is 0 Å². The van der Waals surface area contributed by atoms with Gasteiger partial charge in [-0.15, -0.1) is 0 Å². The second kappa shape index (κ2) is 6.31. The number of benzene rings is 1. The van der Waals surface area contributed by atoms with E-state index < -0.39 is 10.0 Å². The first-order valence-corrected chi connectivity index (χ1v) is 9.44. The fraction of sp³-hybridized carbons (Fsp3) is 0.471. The molecule has 1 atom stereocenters. The largest absolute Gasteiger partial charge is 0.360 e. The second-order valence-electron chi connectivity index (χ2n) is 6.42. The maximum absolute atomic E-state index is 13.0. The molecule has 0 radical (unpaired) electrons. The van der Waals surface area contributed by atoms with Gasteiger partial charge in [-0.25, -0.2) is 8.42 Å². The van der Waals surface area contributed by atoms with Crippen LogP contribution in [-0.2, 0) is 10.0 Å². The van der Waals surface area contributed by atoms with Crippen molar-refractivity contribution in [2.24, 2.45) is 0 Å². The van der Waals surface area contributed by atoms with E-state index in [9.17, 15) is 8.42 Å². The van der Waals surface area contributed by atoms with Gasteiger partial charge in [0.1, 0.15) is 10.6 Å². The molecule has 6 nitrogen and oxygen atoms in total. The quantitative estimate of drug-likeness (QED) is 0.850. The molecule has 1 aromatic heterocycles. The number of hydrogen-bond donors (Lipinski definition) is 0. The molecule has 24 heavy (non-hydrogen) atoms. The van der Waals surface area contributed by atoms with Crippen LogP contribution in [0.25, 0.3) is 0 Å². The molecule has 1 saturated heterocycles. The first-order valence-electron chi connectivity index (χ1n) is 8.00. The van der Waals surface area contributed by atoms with Crippen LogP contribution in [0.3, 0.4) is 0 Å². The van der Waals surface area contributed by atoms with Gasteiger partial charge in [0.05, 0.1) is 0 Å². The van der Waals surface area contributed by atoms with E-state index in [1.165, 1.54) is 5.56 Å². The van der Waals surface area contributed by atoms with Crippen molar-refractivity contribution in [2.75, 3.05) is 26.7 Å². The summed E-state index contributed by atoms with van der Waals surface area (Å²) in [6.07, 6.45) is 0. The zero-order chi connectivity index (χ0) is 17.5. The molecule has 0 N–H and O–H groups in total. The fourth-order valence-electron chi connectivity index (χ4n) is 3.19. The van der Waals surface area contributed by atoms with Gasteiger partial charge in [-0.05, 0) is 33.4 Å². The summed E-state index contributed by atoms with van der Waals surface area (Å²) in [5.41, 5.74) is 2.73. The van der Waals surface area contributed by atoms with E-state index in [4.69, 9.17) is 4.52 Å². The number of likely N-dealkylation sites (N-methyl/N-ethyl adjacent to an activating group) is 1. The summed E-state index contributed by atoms with van der Waals surface area (Å²) < 4.78 is 32.7. The molecule has 0 amide bonds. The van der Waals surface area contributed by atoms with Crippen LogP contribution in [-0.4, -0.2) is 49.5 Å². The fourth-order valence-corrected chi connectivity index (χ4v) is 4.92. The van der Waals surface area contributed by atoms with E-state index in [0.29, 0.717) is 31.1 Å².